The molecule has 1 aromatic heterocycles. The van der Waals surface area contributed by atoms with Crippen molar-refractivity contribution < 1.29 is 4.39 Å². The second-order valence-electron chi connectivity index (χ2n) is 4.97. The molecule has 3 nitrogen and oxygen atoms in total. The summed E-state index contributed by atoms with van der Waals surface area (Å²) < 4.78 is 14.5. The van der Waals surface area contributed by atoms with Gasteiger partial charge in [-0.1, -0.05) is 26.0 Å². The van der Waals surface area contributed by atoms with Gasteiger partial charge in [-0.25, -0.2) is 9.37 Å². The van der Waals surface area contributed by atoms with Crippen molar-refractivity contribution in [1.82, 2.24) is 10.3 Å². The summed E-state index contributed by atoms with van der Waals surface area (Å²) in [6, 6.07) is 9.84. The van der Waals surface area contributed by atoms with Gasteiger partial charge in [-0.3, -0.25) is 0 Å². The van der Waals surface area contributed by atoms with Crippen LogP contribution in [0.5, 0.6) is 0 Å². The molecule has 21 heavy (non-hydrogen) atoms. The Morgan fingerprint density at radius 1 is 1.14 bits per heavy atom. The van der Waals surface area contributed by atoms with Gasteiger partial charge in [-0.15, -0.1) is 0 Å². The SMILES string of the molecule is CCNCc1ccnc(N(C)c2ccc(CC)cc2)c1F. The average Bonchev–Trinajstić information content (AvgIpc) is 2.53. The Bertz CT molecular complexity index is 581. The number of aryl methyl sites for hydroxylation is 1. The monoisotopic (exact) mass is 287 g/mol. The Balaban J connectivity index is 2.27. The third-order valence-corrected chi connectivity index (χ3v) is 3.57. The number of aromatic nitrogens is 1. The molecule has 112 valence electrons. The molecule has 0 amide bonds. The average molecular weight is 287 g/mol. The zero-order valence-corrected chi connectivity index (χ0v) is 12.9. The van der Waals surface area contributed by atoms with Crippen molar-refractivity contribution in [3.63, 3.8) is 0 Å². The quantitative estimate of drug-likeness (QED) is 0.879. The van der Waals surface area contributed by atoms with E-state index in [0.29, 0.717) is 17.9 Å². The lowest BCUT2D eigenvalue weighted by molar-refractivity contribution is 0.588. The third kappa shape index (κ3) is 3.58. The summed E-state index contributed by atoms with van der Waals surface area (Å²) in [6.07, 6.45) is 2.65. The number of nitrogens with zero attached hydrogens (tertiary/aromatic N) is 2. The molecule has 0 spiro atoms. The number of rotatable bonds is 6. The molecule has 0 aliphatic rings. The van der Waals surface area contributed by atoms with Crippen molar-refractivity contribution >= 4 is 11.5 Å². The molecule has 1 N–H and O–H groups in total. The molecule has 0 saturated carbocycles. The van der Waals surface area contributed by atoms with Crippen molar-refractivity contribution in [3.8, 4) is 0 Å². The van der Waals surface area contributed by atoms with Crippen molar-refractivity contribution in [1.29, 1.82) is 0 Å². The van der Waals surface area contributed by atoms with Crippen LogP contribution in [-0.4, -0.2) is 18.6 Å². The fourth-order valence-corrected chi connectivity index (χ4v) is 2.18. The van der Waals surface area contributed by atoms with Crippen LogP contribution in [0.25, 0.3) is 0 Å². The van der Waals surface area contributed by atoms with E-state index in [1.807, 2.05) is 26.1 Å². The molecule has 4 heteroatoms. The minimum atomic E-state index is -0.263. The Morgan fingerprint density at radius 2 is 1.86 bits per heavy atom. The molecule has 1 heterocycles. The number of hydrogen-bond acceptors (Lipinski definition) is 3. The highest BCUT2D eigenvalue weighted by Crippen LogP contribution is 2.26. The van der Waals surface area contributed by atoms with Crippen LogP contribution in [0.1, 0.15) is 25.0 Å². The van der Waals surface area contributed by atoms with Crippen LogP contribution in [0.15, 0.2) is 36.5 Å². The summed E-state index contributed by atoms with van der Waals surface area (Å²) in [5.74, 6) is 0.0927. The highest BCUT2D eigenvalue weighted by Gasteiger charge is 2.14. The smallest absolute Gasteiger partial charge is 0.170 e. The number of hydrogen-bond donors (Lipinski definition) is 1. The van der Waals surface area contributed by atoms with Crippen molar-refractivity contribution in [2.24, 2.45) is 0 Å². The van der Waals surface area contributed by atoms with E-state index in [9.17, 15) is 4.39 Å². The molecular formula is C17H22FN3. The zero-order chi connectivity index (χ0) is 15.2. The molecule has 0 atom stereocenters. The Labute approximate surface area is 125 Å². The van der Waals surface area contributed by atoms with Gasteiger partial charge in [0.1, 0.15) is 0 Å². The van der Waals surface area contributed by atoms with Gasteiger partial charge in [0.15, 0.2) is 11.6 Å². The third-order valence-electron chi connectivity index (χ3n) is 3.57. The van der Waals surface area contributed by atoms with E-state index in [2.05, 4.69) is 29.4 Å². The van der Waals surface area contributed by atoms with Crippen LogP contribution in [0.2, 0.25) is 0 Å². The summed E-state index contributed by atoms with van der Waals surface area (Å²) in [4.78, 5) is 5.97. The van der Waals surface area contributed by atoms with Crippen LogP contribution >= 0.6 is 0 Å². The predicted molar refractivity (Wildman–Crippen MR) is 85.5 cm³/mol. The standard InChI is InChI=1S/C17H22FN3/c1-4-13-6-8-15(9-7-13)21(3)17-16(18)14(10-11-20-17)12-19-5-2/h6-11,19H,4-5,12H2,1-3H3. The Kier molecular flexibility index (Phi) is 5.28. The predicted octanol–water partition coefficient (Wildman–Crippen LogP) is 3.66. The molecule has 0 radical (unpaired) electrons. The molecule has 0 aliphatic heterocycles. The van der Waals surface area contributed by atoms with Crippen LogP contribution in [0, 0.1) is 5.82 Å². The van der Waals surface area contributed by atoms with Crippen LogP contribution in [0.4, 0.5) is 15.9 Å². The van der Waals surface area contributed by atoms with Gasteiger partial charge in [-0.05, 0) is 36.7 Å². The minimum absolute atomic E-state index is 0.263. The first-order chi connectivity index (χ1) is 10.2. The normalized spacial score (nSPS) is 10.7. The van der Waals surface area contributed by atoms with E-state index < -0.39 is 0 Å². The van der Waals surface area contributed by atoms with Crippen LogP contribution in [0.3, 0.4) is 0 Å². The van der Waals surface area contributed by atoms with Crippen molar-refractivity contribution in [2.45, 2.75) is 26.8 Å². The van der Waals surface area contributed by atoms with E-state index in [1.165, 1.54) is 5.56 Å². The number of pyridine rings is 1. The fraction of sp³-hybridized carbons (Fsp3) is 0.353. The largest absolute Gasteiger partial charge is 0.327 e. The molecule has 0 bridgehead atoms. The highest BCUT2D eigenvalue weighted by atomic mass is 19.1. The van der Waals surface area contributed by atoms with E-state index in [1.54, 1.807) is 17.2 Å². The first-order valence-corrected chi connectivity index (χ1v) is 7.34. The van der Waals surface area contributed by atoms with E-state index >= 15 is 0 Å². The van der Waals surface area contributed by atoms with Gasteiger partial charge in [-0.2, -0.15) is 0 Å². The number of benzene rings is 1. The Morgan fingerprint density at radius 3 is 2.48 bits per heavy atom. The lowest BCUT2D eigenvalue weighted by Crippen LogP contribution is -2.17. The van der Waals surface area contributed by atoms with E-state index in [-0.39, 0.29) is 5.82 Å². The van der Waals surface area contributed by atoms with Gasteiger partial charge in [0.25, 0.3) is 0 Å². The first-order valence-electron chi connectivity index (χ1n) is 7.34. The maximum Gasteiger partial charge on any atom is 0.170 e. The summed E-state index contributed by atoms with van der Waals surface area (Å²) in [5.41, 5.74) is 2.83. The summed E-state index contributed by atoms with van der Waals surface area (Å²) >= 11 is 0. The van der Waals surface area contributed by atoms with Gasteiger partial charge in [0.05, 0.1) is 0 Å². The second-order valence-corrected chi connectivity index (χ2v) is 4.97. The molecule has 0 saturated heterocycles. The van der Waals surface area contributed by atoms with Crippen LogP contribution < -0.4 is 10.2 Å². The summed E-state index contributed by atoms with van der Waals surface area (Å²) in [7, 11) is 1.84. The number of halogens is 1. The van der Waals surface area contributed by atoms with Crippen LogP contribution in [-0.2, 0) is 13.0 Å². The topological polar surface area (TPSA) is 28.2 Å². The number of anilines is 2. The van der Waals surface area contributed by atoms with E-state index in [4.69, 9.17) is 0 Å². The van der Waals surface area contributed by atoms with E-state index in [0.717, 1.165) is 18.7 Å². The number of nitrogens with one attached hydrogen (secondary N) is 1. The van der Waals surface area contributed by atoms with Gasteiger partial charge in [0.2, 0.25) is 0 Å². The van der Waals surface area contributed by atoms with Crippen molar-refractivity contribution in [3.05, 3.63) is 53.5 Å². The molecule has 0 fully saturated rings. The molecule has 1 aromatic carbocycles. The van der Waals surface area contributed by atoms with Gasteiger partial charge in [0, 0.05) is 31.0 Å². The summed E-state index contributed by atoms with van der Waals surface area (Å²) in [6.45, 7) is 5.44. The summed E-state index contributed by atoms with van der Waals surface area (Å²) in [5, 5.41) is 3.14. The maximum atomic E-state index is 14.5. The molecule has 2 aromatic rings. The lowest BCUT2D eigenvalue weighted by Gasteiger charge is -2.20. The lowest BCUT2D eigenvalue weighted by atomic mass is 10.1. The second kappa shape index (κ2) is 7.18. The molecule has 0 unspecified atom stereocenters. The molecular weight excluding hydrogens is 265 g/mol. The molecule has 2 rings (SSSR count). The maximum absolute atomic E-state index is 14.5. The zero-order valence-electron chi connectivity index (χ0n) is 12.9. The first kappa shape index (κ1) is 15.4. The minimum Gasteiger partial charge on any atom is -0.327 e. The van der Waals surface area contributed by atoms with Crippen molar-refractivity contribution in [2.75, 3.05) is 18.5 Å². The highest BCUT2D eigenvalue weighted by molar-refractivity contribution is 5.60. The Hall–Kier alpha value is -1.94. The van der Waals surface area contributed by atoms with Gasteiger partial charge >= 0.3 is 0 Å². The fourth-order valence-electron chi connectivity index (χ4n) is 2.18. The van der Waals surface area contributed by atoms with Gasteiger partial charge < -0.3 is 10.2 Å². The molecule has 0 aliphatic carbocycles.